The van der Waals surface area contributed by atoms with Gasteiger partial charge in [-0.15, -0.1) is 0 Å². The van der Waals surface area contributed by atoms with Crippen LogP contribution < -0.4 is 5.32 Å². The van der Waals surface area contributed by atoms with E-state index in [4.69, 9.17) is 0 Å². The molecule has 9 nitrogen and oxygen atoms in total. The Bertz CT molecular complexity index is 1780. The van der Waals surface area contributed by atoms with Crippen LogP contribution in [0.5, 0.6) is 0 Å². The minimum absolute atomic E-state index is 0.0695. The molecule has 0 unspecified atom stereocenters. The number of fused-ring (bicyclic) bond motifs is 2. The first-order chi connectivity index (χ1) is 18.7. The molecular weight excluding hydrogens is 476 g/mol. The Kier molecular flexibility index (Phi) is 5.39. The van der Waals surface area contributed by atoms with E-state index in [-0.39, 0.29) is 11.8 Å². The summed E-state index contributed by atoms with van der Waals surface area (Å²) >= 11 is 0. The predicted molar refractivity (Wildman–Crippen MR) is 146 cm³/mol. The standard InChI is InChI=1S/C29H24N8O/c38-29(17-4-1-2-5-17)34-20-10-19(14-31-15-20)24-12-23-26(16-33-24)36-37-27(23)25-11-22-21(7-9-32-28(22)35-25)18-6-3-8-30-13-18/h3,6-17H,1-2,4-5H2,(H,32,35)(H,34,38)(H,36,37). The Hall–Kier alpha value is -4.92. The molecule has 1 aliphatic rings. The molecular formula is C29H24N8O. The zero-order chi connectivity index (χ0) is 25.5. The van der Waals surface area contributed by atoms with Crippen LogP contribution in [-0.2, 0) is 4.79 Å². The summed E-state index contributed by atoms with van der Waals surface area (Å²) in [6.45, 7) is 0. The summed E-state index contributed by atoms with van der Waals surface area (Å²) in [6.07, 6.45) is 14.7. The molecule has 9 heteroatoms. The molecule has 1 saturated carbocycles. The van der Waals surface area contributed by atoms with Gasteiger partial charge in [0.2, 0.25) is 5.91 Å². The van der Waals surface area contributed by atoms with Crippen molar-refractivity contribution in [1.29, 1.82) is 0 Å². The summed E-state index contributed by atoms with van der Waals surface area (Å²) in [6, 6.07) is 11.9. The minimum atomic E-state index is 0.0695. The van der Waals surface area contributed by atoms with Crippen LogP contribution >= 0.6 is 0 Å². The summed E-state index contributed by atoms with van der Waals surface area (Å²) in [7, 11) is 0. The van der Waals surface area contributed by atoms with E-state index < -0.39 is 0 Å². The molecule has 7 rings (SSSR count). The van der Waals surface area contributed by atoms with Gasteiger partial charge in [0, 0.05) is 52.6 Å². The Morgan fingerprint density at radius 1 is 0.895 bits per heavy atom. The lowest BCUT2D eigenvalue weighted by Crippen LogP contribution is -2.20. The second kappa shape index (κ2) is 9.19. The highest BCUT2D eigenvalue weighted by molar-refractivity contribution is 6.00. The lowest BCUT2D eigenvalue weighted by molar-refractivity contribution is -0.119. The van der Waals surface area contributed by atoms with E-state index in [1.807, 2.05) is 36.5 Å². The van der Waals surface area contributed by atoms with Crippen LogP contribution in [0, 0.1) is 5.92 Å². The number of nitrogens with one attached hydrogen (secondary N) is 3. The van der Waals surface area contributed by atoms with Gasteiger partial charge < -0.3 is 10.3 Å². The van der Waals surface area contributed by atoms with E-state index >= 15 is 0 Å². The van der Waals surface area contributed by atoms with E-state index in [0.29, 0.717) is 5.69 Å². The molecule has 1 amide bonds. The number of carbonyl (C=O) groups is 1. The number of carbonyl (C=O) groups excluding carboxylic acids is 1. The number of nitrogens with zero attached hydrogens (tertiary/aromatic N) is 5. The summed E-state index contributed by atoms with van der Waals surface area (Å²) in [4.78, 5) is 33.8. The highest BCUT2D eigenvalue weighted by Crippen LogP contribution is 2.34. The highest BCUT2D eigenvalue weighted by Gasteiger charge is 2.23. The summed E-state index contributed by atoms with van der Waals surface area (Å²) < 4.78 is 0. The van der Waals surface area contributed by atoms with Crippen LogP contribution in [0.4, 0.5) is 5.69 Å². The number of anilines is 1. The van der Waals surface area contributed by atoms with Crippen LogP contribution in [0.15, 0.2) is 73.6 Å². The average molecular weight is 501 g/mol. The molecule has 0 radical (unpaired) electrons. The Morgan fingerprint density at radius 3 is 2.66 bits per heavy atom. The van der Waals surface area contributed by atoms with E-state index in [0.717, 1.165) is 81.4 Å². The van der Waals surface area contributed by atoms with Gasteiger partial charge in [-0.2, -0.15) is 5.10 Å². The van der Waals surface area contributed by atoms with Crippen LogP contribution in [0.25, 0.3) is 55.7 Å². The van der Waals surface area contributed by atoms with Gasteiger partial charge in [-0.3, -0.25) is 24.8 Å². The maximum atomic E-state index is 12.6. The number of amides is 1. The lowest BCUT2D eigenvalue weighted by Gasteiger charge is -2.11. The molecule has 0 bridgehead atoms. The molecule has 1 aliphatic carbocycles. The summed E-state index contributed by atoms with van der Waals surface area (Å²) in [5, 5.41) is 12.6. The predicted octanol–water partition coefficient (Wildman–Crippen LogP) is 5.75. The number of hydrogen-bond acceptors (Lipinski definition) is 6. The monoisotopic (exact) mass is 500 g/mol. The lowest BCUT2D eigenvalue weighted by atomic mass is 10.1. The van der Waals surface area contributed by atoms with Gasteiger partial charge in [-0.05, 0) is 48.7 Å². The van der Waals surface area contributed by atoms with Crippen molar-refractivity contribution >= 4 is 33.5 Å². The third-order valence-corrected chi connectivity index (χ3v) is 7.23. The van der Waals surface area contributed by atoms with Crippen LogP contribution in [0.2, 0.25) is 0 Å². The fourth-order valence-electron chi connectivity index (χ4n) is 5.29. The molecule has 6 aromatic rings. The Morgan fingerprint density at radius 2 is 1.79 bits per heavy atom. The van der Waals surface area contributed by atoms with Gasteiger partial charge in [0.05, 0.1) is 35.0 Å². The highest BCUT2D eigenvalue weighted by atomic mass is 16.1. The fraction of sp³-hybridized carbons (Fsp3) is 0.172. The van der Waals surface area contributed by atoms with Crippen molar-refractivity contribution in [1.82, 2.24) is 35.1 Å². The second-order valence-electron chi connectivity index (χ2n) is 9.67. The zero-order valence-electron chi connectivity index (χ0n) is 20.5. The third kappa shape index (κ3) is 3.98. The molecule has 0 aromatic carbocycles. The molecule has 186 valence electrons. The maximum absolute atomic E-state index is 12.6. The van der Waals surface area contributed by atoms with Crippen molar-refractivity contribution in [2.24, 2.45) is 5.92 Å². The largest absolute Gasteiger partial charge is 0.338 e. The summed E-state index contributed by atoms with van der Waals surface area (Å²) in [5.74, 6) is 0.158. The van der Waals surface area contributed by atoms with Crippen molar-refractivity contribution in [3.8, 4) is 33.8 Å². The van der Waals surface area contributed by atoms with Gasteiger partial charge in [-0.25, -0.2) is 4.98 Å². The van der Waals surface area contributed by atoms with E-state index in [2.05, 4.69) is 46.5 Å². The van der Waals surface area contributed by atoms with Crippen molar-refractivity contribution in [3.63, 3.8) is 0 Å². The minimum Gasteiger partial charge on any atom is -0.338 e. The first-order valence-corrected chi connectivity index (χ1v) is 12.7. The Labute approximate surface area is 217 Å². The first kappa shape index (κ1) is 22.3. The van der Waals surface area contributed by atoms with Crippen LogP contribution in [0.1, 0.15) is 25.7 Å². The van der Waals surface area contributed by atoms with Crippen LogP contribution in [-0.4, -0.2) is 41.0 Å². The zero-order valence-corrected chi connectivity index (χ0v) is 20.5. The molecule has 0 atom stereocenters. The molecule has 3 N–H and O–H groups in total. The number of pyridine rings is 4. The normalized spacial score (nSPS) is 13.9. The number of hydrogen-bond donors (Lipinski definition) is 3. The summed E-state index contributed by atoms with van der Waals surface area (Å²) in [5.41, 5.74) is 7.55. The maximum Gasteiger partial charge on any atom is 0.227 e. The van der Waals surface area contributed by atoms with E-state index in [1.165, 1.54) is 0 Å². The van der Waals surface area contributed by atoms with E-state index in [1.54, 1.807) is 31.0 Å². The van der Waals surface area contributed by atoms with Crippen molar-refractivity contribution < 1.29 is 4.79 Å². The fourth-order valence-corrected chi connectivity index (χ4v) is 5.29. The van der Waals surface area contributed by atoms with Gasteiger partial charge >= 0.3 is 0 Å². The number of H-pyrrole nitrogens is 2. The number of aromatic nitrogens is 7. The topological polar surface area (TPSA) is 125 Å². The molecule has 0 aliphatic heterocycles. The number of aromatic amines is 2. The van der Waals surface area contributed by atoms with Gasteiger partial charge in [-0.1, -0.05) is 18.9 Å². The molecule has 0 spiro atoms. The van der Waals surface area contributed by atoms with Crippen molar-refractivity contribution in [2.45, 2.75) is 25.7 Å². The van der Waals surface area contributed by atoms with E-state index in [9.17, 15) is 4.79 Å². The van der Waals surface area contributed by atoms with Gasteiger partial charge in [0.15, 0.2) is 0 Å². The Balaban J connectivity index is 1.25. The average Bonchev–Trinajstić information content (AvgIpc) is 3.73. The first-order valence-electron chi connectivity index (χ1n) is 12.7. The van der Waals surface area contributed by atoms with Crippen LogP contribution in [0.3, 0.4) is 0 Å². The third-order valence-electron chi connectivity index (χ3n) is 7.23. The van der Waals surface area contributed by atoms with Crippen molar-refractivity contribution in [2.75, 3.05) is 5.32 Å². The van der Waals surface area contributed by atoms with Crippen molar-refractivity contribution in [3.05, 3.63) is 73.6 Å². The molecule has 6 aromatic heterocycles. The molecule has 0 saturated heterocycles. The second-order valence-corrected chi connectivity index (χ2v) is 9.67. The SMILES string of the molecule is O=C(Nc1cncc(-c2cc3c(-c4cc5c(-c6cccnc6)ccnc5[nH]4)n[nH]c3cn2)c1)C1CCCC1. The smallest absolute Gasteiger partial charge is 0.227 e. The van der Waals surface area contributed by atoms with Gasteiger partial charge in [0.1, 0.15) is 11.3 Å². The quantitative estimate of drug-likeness (QED) is 0.277. The molecule has 1 fully saturated rings. The molecule has 38 heavy (non-hydrogen) atoms. The van der Waals surface area contributed by atoms with Gasteiger partial charge in [0.25, 0.3) is 0 Å². The number of rotatable bonds is 5. The molecule has 6 heterocycles.